The lowest BCUT2D eigenvalue weighted by Crippen LogP contribution is -1.94. The minimum atomic E-state index is 0.568. The van der Waals surface area contributed by atoms with Crippen molar-refractivity contribution in [3.63, 3.8) is 0 Å². The zero-order valence-electron chi connectivity index (χ0n) is 7.91. The number of benzene rings is 1. The Kier molecular flexibility index (Phi) is 2.37. The average molecular weight is 253 g/mol. The van der Waals surface area contributed by atoms with Gasteiger partial charge in [-0.15, -0.1) is 5.10 Å². The summed E-state index contributed by atoms with van der Waals surface area (Å²) in [7, 11) is 1.60. The second-order valence-electron chi connectivity index (χ2n) is 2.98. The van der Waals surface area contributed by atoms with Gasteiger partial charge in [-0.25, -0.2) is 0 Å². The molecule has 1 aromatic heterocycles. The lowest BCUT2D eigenvalue weighted by molar-refractivity contribution is 0.397. The van der Waals surface area contributed by atoms with E-state index in [0.717, 1.165) is 20.9 Å². The number of fused-ring (bicyclic) bond motifs is 1. The van der Waals surface area contributed by atoms with E-state index in [4.69, 9.17) is 4.74 Å². The highest BCUT2D eigenvalue weighted by Gasteiger charge is 2.06. The summed E-state index contributed by atoms with van der Waals surface area (Å²) < 4.78 is 6.16. The molecule has 0 N–H and O–H groups in total. The van der Waals surface area contributed by atoms with Crippen LogP contribution in [0.3, 0.4) is 0 Å². The Bertz CT molecular complexity index is 485. The van der Waals surface area contributed by atoms with Gasteiger partial charge in [0.05, 0.1) is 12.8 Å². The molecule has 1 heterocycles. The molecule has 0 aliphatic heterocycles. The molecule has 0 amide bonds. The van der Waals surface area contributed by atoms with Crippen molar-refractivity contribution in [1.82, 2.24) is 10.2 Å². The van der Waals surface area contributed by atoms with E-state index in [9.17, 15) is 0 Å². The summed E-state index contributed by atoms with van der Waals surface area (Å²) in [5.41, 5.74) is 0.905. The van der Waals surface area contributed by atoms with Crippen LogP contribution in [0.1, 0.15) is 5.69 Å². The molecule has 0 fully saturated rings. The van der Waals surface area contributed by atoms with Crippen molar-refractivity contribution >= 4 is 26.7 Å². The Morgan fingerprint density at radius 1 is 1.21 bits per heavy atom. The Hall–Kier alpha value is -1.16. The molecular weight excluding hydrogens is 244 g/mol. The number of aromatic nitrogens is 2. The first-order valence-corrected chi connectivity index (χ1v) is 4.98. The van der Waals surface area contributed by atoms with Crippen molar-refractivity contribution in [2.45, 2.75) is 6.92 Å². The molecular formula is C10H9BrN2O. The molecule has 0 aliphatic carbocycles. The van der Waals surface area contributed by atoms with Crippen molar-refractivity contribution < 1.29 is 4.74 Å². The van der Waals surface area contributed by atoms with Crippen LogP contribution in [-0.4, -0.2) is 17.3 Å². The van der Waals surface area contributed by atoms with E-state index in [1.807, 2.05) is 25.1 Å². The predicted octanol–water partition coefficient (Wildman–Crippen LogP) is 2.71. The Morgan fingerprint density at radius 3 is 2.71 bits per heavy atom. The summed E-state index contributed by atoms with van der Waals surface area (Å²) in [5.74, 6) is 0.568. The molecule has 72 valence electrons. The molecule has 0 radical (unpaired) electrons. The molecule has 2 rings (SSSR count). The maximum Gasteiger partial charge on any atom is 0.241 e. The molecule has 14 heavy (non-hydrogen) atoms. The van der Waals surface area contributed by atoms with Gasteiger partial charge >= 0.3 is 0 Å². The average Bonchev–Trinajstić information content (AvgIpc) is 2.19. The van der Waals surface area contributed by atoms with E-state index >= 15 is 0 Å². The van der Waals surface area contributed by atoms with Crippen LogP contribution in [0.2, 0.25) is 0 Å². The van der Waals surface area contributed by atoms with Gasteiger partial charge < -0.3 is 4.74 Å². The van der Waals surface area contributed by atoms with Crippen LogP contribution in [0.4, 0.5) is 0 Å². The number of nitrogens with zero attached hydrogens (tertiary/aromatic N) is 2. The lowest BCUT2D eigenvalue weighted by Gasteiger charge is -2.05. The summed E-state index contributed by atoms with van der Waals surface area (Å²) in [5, 5.41) is 10.0. The molecule has 0 unspecified atom stereocenters. The number of rotatable bonds is 1. The van der Waals surface area contributed by atoms with Crippen LogP contribution in [0, 0.1) is 6.92 Å². The smallest absolute Gasteiger partial charge is 0.241 e. The fourth-order valence-corrected chi connectivity index (χ4v) is 1.74. The van der Waals surface area contributed by atoms with E-state index in [2.05, 4.69) is 26.1 Å². The van der Waals surface area contributed by atoms with Crippen molar-refractivity contribution in [3.05, 3.63) is 28.4 Å². The summed E-state index contributed by atoms with van der Waals surface area (Å²) in [4.78, 5) is 0. The van der Waals surface area contributed by atoms with Crippen molar-refractivity contribution in [1.29, 1.82) is 0 Å². The predicted molar refractivity (Wildman–Crippen MR) is 58.5 cm³/mol. The first-order chi connectivity index (χ1) is 6.72. The van der Waals surface area contributed by atoms with Crippen LogP contribution >= 0.6 is 15.9 Å². The lowest BCUT2D eigenvalue weighted by atomic mass is 10.1. The molecule has 1 aromatic carbocycles. The molecule has 0 atom stereocenters. The van der Waals surface area contributed by atoms with E-state index in [-0.39, 0.29) is 0 Å². The standard InChI is InChI=1S/C10H9BrN2O/c1-6-9-5-7(11)3-4-8(9)10(14-2)13-12-6/h3-5H,1-2H3. The number of halogens is 1. The number of hydrogen-bond donors (Lipinski definition) is 0. The van der Waals surface area contributed by atoms with Crippen molar-refractivity contribution in [2.24, 2.45) is 0 Å². The molecule has 2 aromatic rings. The molecule has 0 aliphatic rings. The highest BCUT2D eigenvalue weighted by molar-refractivity contribution is 9.10. The SMILES string of the molecule is COc1nnc(C)c2cc(Br)ccc12. The second-order valence-corrected chi connectivity index (χ2v) is 3.90. The maximum atomic E-state index is 5.13. The highest BCUT2D eigenvalue weighted by atomic mass is 79.9. The largest absolute Gasteiger partial charge is 0.479 e. The quantitative estimate of drug-likeness (QED) is 0.783. The Labute approximate surface area is 90.2 Å². The zero-order chi connectivity index (χ0) is 10.1. The first-order valence-electron chi connectivity index (χ1n) is 4.19. The third-order valence-electron chi connectivity index (χ3n) is 2.09. The van der Waals surface area contributed by atoms with Gasteiger partial charge in [-0.3, -0.25) is 0 Å². The normalized spacial score (nSPS) is 10.5. The van der Waals surface area contributed by atoms with Gasteiger partial charge in [0.1, 0.15) is 0 Å². The molecule has 4 heteroatoms. The van der Waals surface area contributed by atoms with Crippen LogP contribution in [0.5, 0.6) is 5.88 Å². The number of aryl methyl sites for hydroxylation is 1. The zero-order valence-corrected chi connectivity index (χ0v) is 9.50. The number of hydrogen-bond acceptors (Lipinski definition) is 3. The molecule has 0 bridgehead atoms. The molecule has 0 saturated carbocycles. The maximum absolute atomic E-state index is 5.13. The second kappa shape index (κ2) is 3.53. The minimum Gasteiger partial charge on any atom is -0.479 e. The van der Waals surface area contributed by atoms with E-state index in [0.29, 0.717) is 5.88 Å². The van der Waals surface area contributed by atoms with Gasteiger partial charge in [0.2, 0.25) is 5.88 Å². The monoisotopic (exact) mass is 252 g/mol. The number of ether oxygens (including phenoxy) is 1. The molecule has 3 nitrogen and oxygen atoms in total. The van der Waals surface area contributed by atoms with Gasteiger partial charge in [0.25, 0.3) is 0 Å². The highest BCUT2D eigenvalue weighted by Crippen LogP contribution is 2.26. The first kappa shape index (κ1) is 9.40. The summed E-state index contributed by atoms with van der Waals surface area (Å²) in [6.07, 6.45) is 0. The Morgan fingerprint density at radius 2 is 2.00 bits per heavy atom. The fraction of sp³-hybridized carbons (Fsp3) is 0.200. The topological polar surface area (TPSA) is 35.0 Å². The fourth-order valence-electron chi connectivity index (χ4n) is 1.38. The van der Waals surface area contributed by atoms with Gasteiger partial charge in [-0.05, 0) is 25.1 Å². The van der Waals surface area contributed by atoms with Gasteiger partial charge in [0, 0.05) is 15.2 Å². The van der Waals surface area contributed by atoms with E-state index in [1.165, 1.54) is 0 Å². The van der Waals surface area contributed by atoms with Crippen LogP contribution in [0.25, 0.3) is 10.8 Å². The third kappa shape index (κ3) is 1.46. The van der Waals surface area contributed by atoms with E-state index < -0.39 is 0 Å². The van der Waals surface area contributed by atoms with E-state index in [1.54, 1.807) is 7.11 Å². The Balaban J connectivity index is 2.84. The van der Waals surface area contributed by atoms with Crippen LogP contribution in [-0.2, 0) is 0 Å². The molecule has 0 spiro atoms. The van der Waals surface area contributed by atoms with Gasteiger partial charge in [-0.2, -0.15) is 5.10 Å². The summed E-state index contributed by atoms with van der Waals surface area (Å²) in [6.45, 7) is 1.93. The van der Waals surface area contributed by atoms with Crippen LogP contribution in [0.15, 0.2) is 22.7 Å². The van der Waals surface area contributed by atoms with Gasteiger partial charge in [-0.1, -0.05) is 15.9 Å². The van der Waals surface area contributed by atoms with Gasteiger partial charge in [0.15, 0.2) is 0 Å². The minimum absolute atomic E-state index is 0.568. The summed E-state index contributed by atoms with van der Waals surface area (Å²) in [6, 6.07) is 5.95. The van der Waals surface area contributed by atoms with Crippen molar-refractivity contribution in [3.8, 4) is 5.88 Å². The summed E-state index contributed by atoms with van der Waals surface area (Å²) >= 11 is 3.42. The molecule has 0 saturated heterocycles. The third-order valence-corrected chi connectivity index (χ3v) is 2.58. The van der Waals surface area contributed by atoms with Crippen molar-refractivity contribution in [2.75, 3.05) is 7.11 Å². The number of methoxy groups -OCH3 is 1. The van der Waals surface area contributed by atoms with Crippen LogP contribution < -0.4 is 4.74 Å².